The van der Waals surface area contributed by atoms with E-state index in [2.05, 4.69) is 19.4 Å². The van der Waals surface area contributed by atoms with E-state index in [1.807, 2.05) is 0 Å². The summed E-state index contributed by atoms with van der Waals surface area (Å²) < 4.78 is 30.2. The number of nitrogens with one attached hydrogen (secondary N) is 1. The Kier molecular flexibility index (Phi) is 5.45. The number of aromatic nitrogens is 2. The molecule has 0 amide bonds. The predicted octanol–water partition coefficient (Wildman–Crippen LogP) is 0.361. The molecule has 0 saturated carbocycles. The molecule has 1 aromatic rings. The molecule has 0 radical (unpaired) electrons. The fraction of sp³-hybridized carbons (Fsp3) is 0.444. The fourth-order valence-electron chi connectivity index (χ4n) is 1.06. The number of carbonyl (C=O) groups is 1. The van der Waals surface area contributed by atoms with Crippen LogP contribution in [0, 0.1) is 0 Å². The zero-order valence-corrected chi connectivity index (χ0v) is 11.2. The van der Waals surface area contributed by atoms with Crippen LogP contribution in [0.3, 0.4) is 0 Å². The van der Waals surface area contributed by atoms with Gasteiger partial charge in [-0.15, -0.1) is 0 Å². The lowest BCUT2D eigenvalue weighted by Gasteiger charge is -2.05. The molecule has 0 aliphatic rings. The third-order valence-corrected chi connectivity index (χ3v) is 3.60. The Hall–Kier alpha value is -1.25. The number of halogens is 1. The molecule has 0 saturated heterocycles. The van der Waals surface area contributed by atoms with E-state index in [4.69, 9.17) is 11.6 Å². The van der Waals surface area contributed by atoms with Crippen molar-refractivity contribution in [3.63, 3.8) is 0 Å². The molecule has 0 aromatic carbocycles. The first-order valence-electron chi connectivity index (χ1n) is 5.00. The maximum Gasteiger partial charge on any atom is 0.305 e. The van der Waals surface area contributed by atoms with Crippen LogP contribution in [-0.2, 0) is 19.6 Å². The SMILES string of the molecule is COC(=O)CCCNS(=O)(=O)c1cnc(Cl)nc1. The van der Waals surface area contributed by atoms with E-state index < -0.39 is 10.0 Å². The third kappa shape index (κ3) is 4.55. The molecular weight excluding hydrogens is 282 g/mol. The molecule has 0 aliphatic heterocycles. The Labute approximate surface area is 110 Å². The molecule has 0 aliphatic carbocycles. The highest BCUT2D eigenvalue weighted by molar-refractivity contribution is 7.89. The number of hydrogen-bond acceptors (Lipinski definition) is 6. The molecule has 1 rings (SSSR count). The fourth-order valence-corrected chi connectivity index (χ4v) is 2.12. The highest BCUT2D eigenvalue weighted by Gasteiger charge is 2.14. The van der Waals surface area contributed by atoms with Crippen molar-refractivity contribution in [2.45, 2.75) is 17.7 Å². The van der Waals surface area contributed by atoms with E-state index in [9.17, 15) is 13.2 Å². The second kappa shape index (κ2) is 6.62. The van der Waals surface area contributed by atoms with Gasteiger partial charge in [0, 0.05) is 13.0 Å². The first-order valence-corrected chi connectivity index (χ1v) is 6.86. The predicted molar refractivity (Wildman–Crippen MR) is 63.5 cm³/mol. The van der Waals surface area contributed by atoms with Crippen molar-refractivity contribution in [1.29, 1.82) is 0 Å². The smallest absolute Gasteiger partial charge is 0.305 e. The van der Waals surface area contributed by atoms with Gasteiger partial charge in [0.25, 0.3) is 0 Å². The van der Waals surface area contributed by atoms with Crippen LogP contribution in [0.2, 0.25) is 5.28 Å². The Balaban J connectivity index is 2.50. The molecule has 0 unspecified atom stereocenters. The van der Waals surface area contributed by atoms with Crippen molar-refractivity contribution in [1.82, 2.24) is 14.7 Å². The number of carbonyl (C=O) groups excluding carboxylic acids is 1. The van der Waals surface area contributed by atoms with Crippen LogP contribution in [0.25, 0.3) is 0 Å². The zero-order chi connectivity index (χ0) is 13.6. The van der Waals surface area contributed by atoms with Gasteiger partial charge in [0.1, 0.15) is 4.90 Å². The lowest BCUT2D eigenvalue weighted by Crippen LogP contribution is -2.25. The lowest BCUT2D eigenvalue weighted by atomic mass is 10.3. The number of sulfonamides is 1. The van der Waals surface area contributed by atoms with Gasteiger partial charge in [0.15, 0.2) is 0 Å². The third-order valence-electron chi connectivity index (χ3n) is 1.98. The molecule has 0 bridgehead atoms. The minimum absolute atomic E-state index is 0.0281. The summed E-state index contributed by atoms with van der Waals surface area (Å²) in [5, 5.41) is -0.0281. The highest BCUT2D eigenvalue weighted by Crippen LogP contribution is 2.07. The minimum Gasteiger partial charge on any atom is -0.469 e. The van der Waals surface area contributed by atoms with E-state index in [1.54, 1.807) is 0 Å². The van der Waals surface area contributed by atoms with Crippen LogP contribution in [0.4, 0.5) is 0 Å². The summed E-state index contributed by atoms with van der Waals surface area (Å²) >= 11 is 5.45. The molecule has 18 heavy (non-hydrogen) atoms. The summed E-state index contributed by atoms with van der Waals surface area (Å²) in [7, 11) is -2.39. The van der Waals surface area contributed by atoms with Gasteiger partial charge in [0.05, 0.1) is 19.5 Å². The first kappa shape index (κ1) is 14.8. The molecular formula is C9H12ClN3O4S. The van der Waals surface area contributed by atoms with Crippen molar-refractivity contribution < 1.29 is 17.9 Å². The Morgan fingerprint density at radius 3 is 2.61 bits per heavy atom. The van der Waals surface area contributed by atoms with Gasteiger partial charge in [-0.2, -0.15) is 0 Å². The molecule has 1 aromatic heterocycles. The molecule has 0 spiro atoms. The van der Waals surface area contributed by atoms with Crippen LogP contribution in [-0.4, -0.2) is 38.0 Å². The van der Waals surface area contributed by atoms with E-state index in [0.717, 1.165) is 12.4 Å². The summed E-state index contributed by atoms with van der Waals surface area (Å²) in [6.45, 7) is 0.125. The van der Waals surface area contributed by atoms with E-state index in [-0.39, 0.29) is 29.1 Å². The number of nitrogens with zero attached hydrogens (tertiary/aromatic N) is 2. The van der Waals surface area contributed by atoms with Gasteiger partial charge in [-0.05, 0) is 18.0 Å². The normalized spacial score (nSPS) is 11.2. The highest BCUT2D eigenvalue weighted by atomic mass is 35.5. The summed E-state index contributed by atoms with van der Waals surface area (Å²) in [4.78, 5) is 17.9. The molecule has 1 N–H and O–H groups in total. The summed E-state index contributed by atoms with van der Waals surface area (Å²) in [6.07, 6.45) is 2.71. The number of rotatable bonds is 6. The summed E-state index contributed by atoms with van der Waals surface area (Å²) in [5.74, 6) is -0.385. The molecule has 7 nitrogen and oxygen atoms in total. The summed E-state index contributed by atoms with van der Waals surface area (Å²) in [6, 6.07) is 0. The molecule has 100 valence electrons. The lowest BCUT2D eigenvalue weighted by molar-refractivity contribution is -0.140. The van der Waals surface area contributed by atoms with Gasteiger partial charge in [-0.1, -0.05) is 0 Å². The average molecular weight is 294 g/mol. The summed E-state index contributed by atoms with van der Waals surface area (Å²) in [5.41, 5.74) is 0. The Bertz CT molecular complexity index is 503. The first-order chi connectivity index (χ1) is 8.45. The van der Waals surface area contributed by atoms with Crippen molar-refractivity contribution >= 4 is 27.6 Å². The Morgan fingerprint density at radius 1 is 1.44 bits per heavy atom. The van der Waals surface area contributed by atoms with E-state index >= 15 is 0 Å². The second-order valence-corrected chi connectivity index (χ2v) is 5.37. The Morgan fingerprint density at radius 2 is 2.06 bits per heavy atom. The van der Waals surface area contributed by atoms with Gasteiger partial charge >= 0.3 is 5.97 Å². The van der Waals surface area contributed by atoms with E-state index in [1.165, 1.54) is 7.11 Å². The molecule has 1 heterocycles. The quantitative estimate of drug-likeness (QED) is 0.462. The van der Waals surface area contributed by atoms with Crippen molar-refractivity contribution in [2.24, 2.45) is 0 Å². The average Bonchev–Trinajstić information content (AvgIpc) is 2.35. The zero-order valence-electron chi connectivity index (χ0n) is 9.59. The van der Waals surface area contributed by atoms with E-state index in [0.29, 0.717) is 6.42 Å². The van der Waals surface area contributed by atoms with Crippen molar-refractivity contribution in [3.05, 3.63) is 17.7 Å². The van der Waals surface area contributed by atoms with Crippen LogP contribution in [0.5, 0.6) is 0 Å². The van der Waals surface area contributed by atoms with Crippen molar-refractivity contribution in [2.75, 3.05) is 13.7 Å². The number of hydrogen-bond donors (Lipinski definition) is 1. The van der Waals surface area contributed by atoms with Crippen LogP contribution >= 0.6 is 11.6 Å². The molecule has 9 heteroatoms. The number of methoxy groups -OCH3 is 1. The standard InChI is InChI=1S/C9H12ClN3O4S/c1-17-8(14)3-2-4-13-18(15,16)7-5-11-9(10)12-6-7/h5-6,13H,2-4H2,1H3. The molecule has 0 fully saturated rings. The number of ether oxygens (including phenoxy) is 1. The van der Waals surface area contributed by atoms with Gasteiger partial charge < -0.3 is 4.74 Å². The van der Waals surface area contributed by atoms with Crippen LogP contribution in [0.15, 0.2) is 17.3 Å². The van der Waals surface area contributed by atoms with Gasteiger partial charge in [-0.25, -0.2) is 23.1 Å². The van der Waals surface area contributed by atoms with Crippen molar-refractivity contribution in [3.8, 4) is 0 Å². The largest absolute Gasteiger partial charge is 0.469 e. The topological polar surface area (TPSA) is 98.2 Å². The monoisotopic (exact) mass is 293 g/mol. The van der Waals surface area contributed by atoms with Crippen LogP contribution < -0.4 is 4.72 Å². The maximum atomic E-state index is 11.7. The minimum atomic E-state index is -3.67. The molecule has 0 atom stereocenters. The second-order valence-electron chi connectivity index (χ2n) is 3.27. The van der Waals surface area contributed by atoms with Crippen LogP contribution in [0.1, 0.15) is 12.8 Å². The maximum absolute atomic E-state index is 11.7. The number of esters is 1. The van der Waals surface area contributed by atoms with Gasteiger partial charge in [0.2, 0.25) is 15.3 Å². The van der Waals surface area contributed by atoms with Gasteiger partial charge in [-0.3, -0.25) is 4.79 Å².